The zero-order valence-electron chi connectivity index (χ0n) is 26.1. The first-order valence-electron chi connectivity index (χ1n) is 16.5. The van der Waals surface area contributed by atoms with Crippen LogP contribution in [0.4, 0.5) is 17.1 Å². The van der Waals surface area contributed by atoms with Crippen LogP contribution in [0.1, 0.15) is 27.8 Å². The lowest BCUT2D eigenvalue weighted by Gasteiger charge is -2.33. The monoisotopic (exact) mass is 597 g/mol. The molecule has 0 saturated carbocycles. The second kappa shape index (κ2) is 9.79. The van der Waals surface area contributed by atoms with Crippen molar-refractivity contribution in [3.63, 3.8) is 0 Å². The molecule has 0 fully saturated rings. The molecule has 10 rings (SSSR count). The summed E-state index contributed by atoms with van der Waals surface area (Å²) in [6.45, 7) is 2.18. The molecule has 2 aliphatic carbocycles. The van der Waals surface area contributed by atoms with Gasteiger partial charge in [-0.15, -0.1) is 0 Å². The lowest BCUT2D eigenvalue weighted by Crippen LogP contribution is -2.26. The molecule has 220 valence electrons. The summed E-state index contributed by atoms with van der Waals surface area (Å²) in [4.78, 5) is 2.46. The Bertz CT molecular complexity index is 2500. The number of anilines is 3. The molecule has 47 heavy (non-hydrogen) atoms. The van der Waals surface area contributed by atoms with Gasteiger partial charge in [0.15, 0.2) is 0 Å². The van der Waals surface area contributed by atoms with Crippen LogP contribution in [0.2, 0.25) is 0 Å². The number of aryl methyl sites for hydroxylation is 1. The average Bonchev–Trinajstić information content (AvgIpc) is 3.60. The quantitative estimate of drug-likeness (QED) is 0.196. The largest absolute Gasteiger partial charge is 0.310 e. The summed E-state index contributed by atoms with van der Waals surface area (Å²) in [5.41, 5.74) is 15.0. The van der Waals surface area contributed by atoms with Crippen molar-refractivity contribution in [3.8, 4) is 22.3 Å². The van der Waals surface area contributed by atoms with Crippen molar-refractivity contribution in [2.75, 3.05) is 4.90 Å². The molecule has 0 atom stereocenters. The van der Waals surface area contributed by atoms with E-state index in [9.17, 15) is 0 Å². The Kier molecular flexibility index (Phi) is 5.48. The highest BCUT2D eigenvalue weighted by molar-refractivity contribution is 6.14. The summed E-state index contributed by atoms with van der Waals surface area (Å²) < 4.78 is 0. The van der Waals surface area contributed by atoms with E-state index >= 15 is 0 Å². The number of hydrogen-bond donors (Lipinski definition) is 0. The second-order valence-electron chi connectivity index (χ2n) is 12.9. The Morgan fingerprint density at radius 3 is 1.79 bits per heavy atom. The van der Waals surface area contributed by atoms with Crippen LogP contribution in [0.3, 0.4) is 0 Å². The second-order valence-corrected chi connectivity index (χ2v) is 12.9. The lowest BCUT2D eigenvalue weighted by molar-refractivity contribution is 0.802. The molecule has 0 aliphatic heterocycles. The Labute approximate surface area is 275 Å². The average molecular weight is 598 g/mol. The van der Waals surface area contributed by atoms with E-state index in [4.69, 9.17) is 0 Å². The molecule has 1 nitrogen and oxygen atoms in total. The predicted octanol–water partition coefficient (Wildman–Crippen LogP) is 12.1. The highest BCUT2D eigenvalue weighted by Crippen LogP contribution is 2.66. The zero-order chi connectivity index (χ0) is 31.1. The fourth-order valence-corrected chi connectivity index (χ4v) is 8.71. The van der Waals surface area contributed by atoms with Crippen molar-refractivity contribution >= 4 is 38.6 Å². The number of rotatable bonds is 3. The third-order valence-corrected chi connectivity index (χ3v) is 10.5. The SMILES string of the molecule is Cc1cccc(N(c2ccccc2)c2cc3c(c4ccccc24)-c2ccc4ccccc4c2C32c3ccccc3-c3ccccc32)c1. The van der Waals surface area contributed by atoms with E-state index in [1.807, 2.05) is 0 Å². The van der Waals surface area contributed by atoms with Crippen LogP contribution in [0.25, 0.3) is 43.8 Å². The maximum absolute atomic E-state index is 2.53. The maximum atomic E-state index is 2.53. The van der Waals surface area contributed by atoms with Gasteiger partial charge in [0, 0.05) is 16.8 Å². The van der Waals surface area contributed by atoms with Gasteiger partial charge in [-0.2, -0.15) is 0 Å². The fourth-order valence-electron chi connectivity index (χ4n) is 8.71. The van der Waals surface area contributed by atoms with Gasteiger partial charge in [-0.05, 0) is 103 Å². The molecule has 0 N–H and O–H groups in total. The molecular formula is C46H31N. The van der Waals surface area contributed by atoms with Gasteiger partial charge in [0.05, 0.1) is 11.1 Å². The molecular weight excluding hydrogens is 567 g/mol. The van der Waals surface area contributed by atoms with Crippen LogP contribution in [0.5, 0.6) is 0 Å². The summed E-state index contributed by atoms with van der Waals surface area (Å²) in [7, 11) is 0. The van der Waals surface area contributed by atoms with Gasteiger partial charge < -0.3 is 4.90 Å². The lowest BCUT2D eigenvalue weighted by atomic mass is 9.69. The minimum Gasteiger partial charge on any atom is -0.310 e. The van der Waals surface area contributed by atoms with E-state index in [0.717, 1.165) is 11.4 Å². The van der Waals surface area contributed by atoms with E-state index in [0.29, 0.717) is 0 Å². The number of hydrogen-bond acceptors (Lipinski definition) is 1. The van der Waals surface area contributed by atoms with Crippen LogP contribution in [0.15, 0.2) is 170 Å². The molecule has 0 radical (unpaired) electrons. The van der Waals surface area contributed by atoms with E-state index < -0.39 is 5.41 Å². The van der Waals surface area contributed by atoms with Gasteiger partial charge in [0.25, 0.3) is 0 Å². The maximum Gasteiger partial charge on any atom is 0.0732 e. The molecule has 8 aromatic carbocycles. The van der Waals surface area contributed by atoms with Crippen molar-refractivity contribution in [1.29, 1.82) is 0 Å². The first-order valence-corrected chi connectivity index (χ1v) is 16.5. The van der Waals surface area contributed by atoms with E-state index in [-0.39, 0.29) is 0 Å². The molecule has 0 heterocycles. The Balaban J connectivity index is 1.42. The van der Waals surface area contributed by atoms with Crippen molar-refractivity contribution in [1.82, 2.24) is 0 Å². The highest BCUT2D eigenvalue weighted by Gasteiger charge is 2.53. The Morgan fingerprint density at radius 1 is 0.426 bits per heavy atom. The third-order valence-electron chi connectivity index (χ3n) is 10.5. The van der Waals surface area contributed by atoms with Gasteiger partial charge in [-0.25, -0.2) is 0 Å². The molecule has 8 aromatic rings. The van der Waals surface area contributed by atoms with Crippen LogP contribution >= 0.6 is 0 Å². The molecule has 0 unspecified atom stereocenters. The summed E-state index contributed by atoms with van der Waals surface area (Å²) in [6, 6.07) is 63.1. The number of fused-ring (bicyclic) bond motifs is 14. The van der Waals surface area contributed by atoms with Crippen molar-refractivity contribution in [2.45, 2.75) is 12.3 Å². The molecule has 0 bridgehead atoms. The minimum absolute atomic E-state index is 0.466. The van der Waals surface area contributed by atoms with Crippen molar-refractivity contribution in [2.24, 2.45) is 0 Å². The number of para-hydroxylation sites is 1. The zero-order valence-corrected chi connectivity index (χ0v) is 26.1. The van der Waals surface area contributed by atoms with Gasteiger partial charge in [-0.1, -0.05) is 140 Å². The van der Waals surface area contributed by atoms with Crippen LogP contribution < -0.4 is 4.90 Å². The van der Waals surface area contributed by atoms with E-state index in [2.05, 4.69) is 182 Å². The van der Waals surface area contributed by atoms with E-state index in [1.165, 1.54) is 77.3 Å². The first kappa shape index (κ1) is 26.3. The van der Waals surface area contributed by atoms with Crippen molar-refractivity contribution < 1.29 is 0 Å². The topological polar surface area (TPSA) is 3.24 Å². The predicted molar refractivity (Wildman–Crippen MR) is 197 cm³/mol. The normalized spacial score (nSPS) is 13.4. The Morgan fingerprint density at radius 2 is 1.04 bits per heavy atom. The molecule has 1 spiro atoms. The molecule has 0 amide bonds. The first-order chi connectivity index (χ1) is 23.2. The molecule has 0 aromatic heterocycles. The van der Waals surface area contributed by atoms with Crippen LogP contribution in [-0.2, 0) is 5.41 Å². The summed E-state index contributed by atoms with van der Waals surface area (Å²) in [6.07, 6.45) is 0. The standard InChI is InChI=1S/C46H31N/c1-30-14-13-18-33(28-30)47(32-16-3-2-4-17-32)43-29-42-44(38-23-8-7-22-37(38)43)39-27-26-31-15-5-6-19-34(31)45(39)46(42)40-24-11-9-20-35(40)36-21-10-12-25-41(36)46/h2-29H,1H3. The van der Waals surface area contributed by atoms with Crippen LogP contribution in [0, 0.1) is 6.92 Å². The van der Waals surface area contributed by atoms with Crippen molar-refractivity contribution in [3.05, 3.63) is 198 Å². The summed E-state index contributed by atoms with van der Waals surface area (Å²) in [5.74, 6) is 0. The number of nitrogens with zero attached hydrogens (tertiary/aromatic N) is 1. The van der Waals surface area contributed by atoms with Gasteiger partial charge >= 0.3 is 0 Å². The van der Waals surface area contributed by atoms with Gasteiger partial charge in [0.2, 0.25) is 0 Å². The summed E-state index contributed by atoms with van der Waals surface area (Å²) in [5, 5.41) is 5.11. The fraction of sp³-hybridized carbons (Fsp3) is 0.0435. The smallest absolute Gasteiger partial charge is 0.0732 e. The molecule has 2 aliphatic rings. The Hall–Kier alpha value is -5.92. The molecule has 1 heteroatoms. The number of benzene rings is 8. The minimum atomic E-state index is -0.466. The highest BCUT2D eigenvalue weighted by atomic mass is 15.1. The summed E-state index contributed by atoms with van der Waals surface area (Å²) >= 11 is 0. The van der Waals surface area contributed by atoms with Gasteiger partial charge in [0.1, 0.15) is 0 Å². The molecule has 0 saturated heterocycles. The third kappa shape index (κ3) is 3.49. The van der Waals surface area contributed by atoms with Crippen LogP contribution in [-0.4, -0.2) is 0 Å². The van der Waals surface area contributed by atoms with E-state index in [1.54, 1.807) is 0 Å². The van der Waals surface area contributed by atoms with Gasteiger partial charge in [-0.3, -0.25) is 0 Å².